The Labute approximate surface area is 115 Å². The number of hydrogen-bond donors (Lipinski definition) is 2. The highest BCUT2D eigenvalue weighted by atomic mass is 32.2. The molecule has 0 bridgehead atoms. The molecule has 4 heteroatoms. The normalized spacial score (nSPS) is 12.7. The average Bonchev–Trinajstić information content (AvgIpc) is 2.81. The van der Waals surface area contributed by atoms with Crippen molar-refractivity contribution in [3.05, 3.63) is 54.2 Å². The van der Waals surface area contributed by atoms with Crippen molar-refractivity contribution in [3.63, 3.8) is 0 Å². The number of nitrogens with zero attached hydrogens (tertiary/aromatic N) is 1. The fourth-order valence-corrected chi connectivity index (χ4v) is 2.73. The van der Waals surface area contributed by atoms with Gasteiger partial charge in [-0.3, -0.25) is 0 Å². The van der Waals surface area contributed by atoms with Crippen LogP contribution in [-0.2, 0) is 0 Å². The maximum Gasteiger partial charge on any atom is 0.102 e. The second-order valence-electron chi connectivity index (χ2n) is 4.43. The van der Waals surface area contributed by atoms with Crippen molar-refractivity contribution >= 4 is 22.7 Å². The van der Waals surface area contributed by atoms with Gasteiger partial charge in [-0.1, -0.05) is 36.0 Å². The Morgan fingerprint density at radius 2 is 2.05 bits per heavy atom. The third kappa shape index (κ3) is 2.64. The molecule has 0 aliphatic heterocycles. The van der Waals surface area contributed by atoms with Gasteiger partial charge in [0.15, 0.2) is 0 Å². The van der Waals surface area contributed by atoms with Crippen molar-refractivity contribution in [2.24, 2.45) is 0 Å². The summed E-state index contributed by atoms with van der Waals surface area (Å²) in [4.78, 5) is 7.70. The molecule has 3 rings (SSSR count). The molecule has 1 atom stereocenters. The van der Waals surface area contributed by atoms with E-state index in [2.05, 4.69) is 28.2 Å². The number of fused-ring (bicyclic) bond motifs is 1. The van der Waals surface area contributed by atoms with Gasteiger partial charge in [-0.05, 0) is 30.7 Å². The van der Waals surface area contributed by atoms with Crippen molar-refractivity contribution in [1.29, 1.82) is 0 Å². The Bertz CT molecular complexity index is 656. The molecular formula is C15H14N2OS. The van der Waals surface area contributed by atoms with E-state index in [1.807, 2.05) is 24.3 Å². The van der Waals surface area contributed by atoms with Gasteiger partial charge < -0.3 is 10.1 Å². The van der Waals surface area contributed by atoms with Crippen LogP contribution < -0.4 is 0 Å². The zero-order valence-corrected chi connectivity index (χ0v) is 11.3. The molecule has 0 saturated heterocycles. The predicted molar refractivity (Wildman–Crippen MR) is 77.3 cm³/mol. The first-order chi connectivity index (χ1) is 9.22. The smallest absolute Gasteiger partial charge is 0.102 e. The summed E-state index contributed by atoms with van der Waals surface area (Å²) in [6.45, 7) is 1.74. The summed E-state index contributed by atoms with van der Waals surface area (Å²) in [7, 11) is 0. The van der Waals surface area contributed by atoms with Gasteiger partial charge in [0.05, 0.1) is 11.1 Å². The first kappa shape index (κ1) is 12.3. The number of pyridine rings is 1. The topological polar surface area (TPSA) is 48.9 Å². The molecule has 0 fully saturated rings. The van der Waals surface area contributed by atoms with Crippen molar-refractivity contribution in [2.45, 2.75) is 23.1 Å². The lowest BCUT2D eigenvalue weighted by molar-refractivity contribution is 0.198. The Kier molecular flexibility index (Phi) is 3.27. The summed E-state index contributed by atoms with van der Waals surface area (Å²) in [5.41, 5.74) is 1.96. The van der Waals surface area contributed by atoms with Crippen LogP contribution in [0, 0.1) is 0 Å². The van der Waals surface area contributed by atoms with Crippen LogP contribution in [0.2, 0.25) is 0 Å². The monoisotopic (exact) mass is 270 g/mol. The van der Waals surface area contributed by atoms with E-state index in [-0.39, 0.29) is 0 Å². The first-order valence-electron chi connectivity index (χ1n) is 6.12. The van der Waals surface area contributed by atoms with Crippen LogP contribution in [0.15, 0.2) is 58.7 Å². The molecule has 1 aromatic carbocycles. The highest BCUT2D eigenvalue weighted by molar-refractivity contribution is 7.99. The molecule has 3 aromatic rings. The molecule has 0 amide bonds. The number of aromatic nitrogens is 2. The Morgan fingerprint density at radius 3 is 2.74 bits per heavy atom. The number of aliphatic hydroxyl groups excluding tert-OH is 1. The van der Waals surface area contributed by atoms with E-state index < -0.39 is 6.10 Å². The lowest BCUT2D eigenvalue weighted by Gasteiger charge is -2.04. The zero-order valence-electron chi connectivity index (χ0n) is 10.5. The molecule has 0 aliphatic carbocycles. The second kappa shape index (κ2) is 5.07. The zero-order chi connectivity index (χ0) is 13.2. The van der Waals surface area contributed by atoms with E-state index >= 15 is 0 Å². The number of aromatic amines is 1. The molecule has 2 heterocycles. The van der Waals surface area contributed by atoms with Crippen LogP contribution in [0.1, 0.15) is 18.6 Å². The van der Waals surface area contributed by atoms with Gasteiger partial charge in [0.1, 0.15) is 5.03 Å². The van der Waals surface area contributed by atoms with E-state index in [0.29, 0.717) is 0 Å². The highest BCUT2D eigenvalue weighted by Gasteiger charge is 2.05. The quantitative estimate of drug-likeness (QED) is 0.761. The fraction of sp³-hybridized carbons (Fsp3) is 0.133. The van der Waals surface area contributed by atoms with Gasteiger partial charge >= 0.3 is 0 Å². The first-order valence-corrected chi connectivity index (χ1v) is 6.93. The molecule has 0 unspecified atom stereocenters. The second-order valence-corrected chi connectivity index (χ2v) is 5.49. The Morgan fingerprint density at radius 1 is 1.21 bits per heavy atom. The van der Waals surface area contributed by atoms with Gasteiger partial charge in [-0.25, -0.2) is 4.98 Å². The van der Waals surface area contributed by atoms with E-state index in [1.54, 1.807) is 24.9 Å². The van der Waals surface area contributed by atoms with Gasteiger partial charge in [0, 0.05) is 17.1 Å². The largest absolute Gasteiger partial charge is 0.389 e. The third-order valence-electron chi connectivity index (χ3n) is 2.96. The lowest BCUT2D eigenvalue weighted by atomic mass is 10.2. The average molecular weight is 270 g/mol. The number of aliphatic hydroxyl groups is 1. The summed E-state index contributed by atoms with van der Waals surface area (Å²) in [6.07, 6.45) is 1.25. The molecule has 0 saturated carbocycles. The summed E-state index contributed by atoms with van der Waals surface area (Å²) >= 11 is 1.59. The van der Waals surface area contributed by atoms with Crippen LogP contribution >= 0.6 is 11.8 Å². The number of rotatable bonds is 3. The summed E-state index contributed by atoms with van der Waals surface area (Å²) < 4.78 is 0. The SMILES string of the molecule is C[C@@H](O)c1ccc(Sc2cc3ccccc3[nH]2)nc1. The van der Waals surface area contributed by atoms with Gasteiger partial charge in [-0.15, -0.1) is 0 Å². The van der Waals surface area contributed by atoms with E-state index in [1.165, 1.54) is 5.39 Å². The maximum absolute atomic E-state index is 9.45. The van der Waals surface area contributed by atoms with E-state index in [4.69, 9.17) is 0 Å². The Hall–Kier alpha value is -1.78. The lowest BCUT2D eigenvalue weighted by Crippen LogP contribution is -1.92. The van der Waals surface area contributed by atoms with Crippen molar-refractivity contribution in [2.75, 3.05) is 0 Å². The minimum absolute atomic E-state index is 0.473. The summed E-state index contributed by atoms with van der Waals surface area (Å²) in [6, 6.07) is 14.1. The van der Waals surface area contributed by atoms with E-state index in [9.17, 15) is 5.11 Å². The molecule has 2 N–H and O–H groups in total. The number of benzene rings is 1. The van der Waals surface area contributed by atoms with Gasteiger partial charge in [0.2, 0.25) is 0 Å². The third-order valence-corrected chi connectivity index (χ3v) is 3.85. The highest BCUT2D eigenvalue weighted by Crippen LogP contribution is 2.28. The molecule has 19 heavy (non-hydrogen) atoms. The maximum atomic E-state index is 9.45. The molecule has 0 radical (unpaired) electrons. The molecule has 0 spiro atoms. The minimum atomic E-state index is -0.473. The van der Waals surface area contributed by atoms with Crippen LogP contribution in [0.25, 0.3) is 10.9 Å². The molecule has 96 valence electrons. The van der Waals surface area contributed by atoms with Crippen LogP contribution in [-0.4, -0.2) is 15.1 Å². The Balaban J connectivity index is 1.84. The summed E-state index contributed by atoms with van der Waals surface area (Å²) in [5.74, 6) is 0. The van der Waals surface area contributed by atoms with Gasteiger partial charge in [0.25, 0.3) is 0 Å². The standard InChI is InChI=1S/C15H14N2OS/c1-10(18)12-6-7-14(16-9-12)19-15-8-11-4-2-3-5-13(11)17-15/h2-10,17-18H,1H3/t10-/m1/s1. The van der Waals surface area contributed by atoms with Crippen LogP contribution in [0.5, 0.6) is 0 Å². The van der Waals surface area contributed by atoms with Crippen molar-refractivity contribution < 1.29 is 5.11 Å². The molecular weight excluding hydrogens is 256 g/mol. The summed E-state index contributed by atoms with van der Waals surface area (Å²) in [5, 5.41) is 12.6. The van der Waals surface area contributed by atoms with Crippen molar-refractivity contribution in [3.8, 4) is 0 Å². The fourth-order valence-electron chi connectivity index (χ4n) is 1.91. The minimum Gasteiger partial charge on any atom is -0.389 e. The van der Waals surface area contributed by atoms with Crippen LogP contribution in [0.4, 0.5) is 0 Å². The van der Waals surface area contributed by atoms with Crippen LogP contribution in [0.3, 0.4) is 0 Å². The van der Waals surface area contributed by atoms with Crippen molar-refractivity contribution in [1.82, 2.24) is 9.97 Å². The van der Waals surface area contributed by atoms with Gasteiger partial charge in [-0.2, -0.15) is 0 Å². The number of hydrogen-bond acceptors (Lipinski definition) is 3. The molecule has 3 nitrogen and oxygen atoms in total. The number of nitrogens with one attached hydrogen (secondary N) is 1. The number of H-pyrrole nitrogens is 1. The predicted octanol–water partition coefficient (Wildman–Crippen LogP) is 3.77. The van der Waals surface area contributed by atoms with E-state index in [0.717, 1.165) is 21.1 Å². The molecule has 0 aliphatic rings. The molecule has 2 aromatic heterocycles. The number of para-hydroxylation sites is 1.